The fourth-order valence-corrected chi connectivity index (χ4v) is 2.74. The second kappa shape index (κ2) is 7.31. The Labute approximate surface area is 125 Å². The van der Waals surface area contributed by atoms with Crippen molar-refractivity contribution in [3.05, 3.63) is 46.7 Å². The van der Waals surface area contributed by atoms with Crippen LogP contribution in [0, 0.1) is 0 Å². The zero-order valence-electron chi connectivity index (χ0n) is 12.1. The Morgan fingerprint density at radius 3 is 2.65 bits per heavy atom. The summed E-state index contributed by atoms with van der Waals surface area (Å²) in [5, 5.41) is 2.12. The lowest BCUT2D eigenvalue weighted by molar-refractivity contribution is 0.170. The summed E-state index contributed by atoms with van der Waals surface area (Å²) >= 11 is 1.80. The maximum Gasteiger partial charge on any atom is 0.142 e. The number of rotatable bonds is 7. The third-order valence-electron chi connectivity index (χ3n) is 3.22. The molecule has 1 aromatic heterocycles. The molecule has 0 saturated heterocycles. The van der Waals surface area contributed by atoms with E-state index < -0.39 is 0 Å². The van der Waals surface area contributed by atoms with E-state index in [1.165, 1.54) is 4.88 Å². The molecule has 0 saturated carbocycles. The van der Waals surface area contributed by atoms with E-state index in [9.17, 15) is 0 Å². The number of nitrogens with zero attached hydrogens (tertiary/aromatic N) is 1. The van der Waals surface area contributed by atoms with Crippen LogP contribution in [0.25, 0.3) is 0 Å². The zero-order valence-corrected chi connectivity index (χ0v) is 12.9. The fourth-order valence-electron chi connectivity index (χ4n) is 2.01. The van der Waals surface area contributed by atoms with Crippen LogP contribution in [0.4, 0.5) is 5.69 Å². The molecule has 0 fully saturated rings. The Kier molecular flexibility index (Phi) is 5.44. The molecule has 1 heterocycles. The van der Waals surface area contributed by atoms with Crippen LogP contribution < -0.4 is 10.5 Å². The van der Waals surface area contributed by atoms with Gasteiger partial charge in [0.1, 0.15) is 12.4 Å². The van der Waals surface area contributed by atoms with Crippen molar-refractivity contribution >= 4 is 17.0 Å². The molecule has 0 radical (unpaired) electrons. The standard InChI is InChI=1S/C16H22N2OS/c1-13(2)18(12-14-6-5-11-20-14)9-10-19-16-8-4-3-7-15(16)17/h3-8,11,13H,9-10,12,17H2,1-2H3. The van der Waals surface area contributed by atoms with Gasteiger partial charge in [0.15, 0.2) is 0 Å². The van der Waals surface area contributed by atoms with Gasteiger partial charge in [-0.2, -0.15) is 0 Å². The van der Waals surface area contributed by atoms with E-state index >= 15 is 0 Å². The van der Waals surface area contributed by atoms with Crippen LogP contribution >= 0.6 is 11.3 Å². The third kappa shape index (κ3) is 4.25. The normalized spacial score (nSPS) is 11.2. The van der Waals surface area contributed by atoms with E-state index in [2.05, 4.69) is 36.3 Å². The van der Waals surface area contributed by atoms with Crippen molar-refractivity contribution in [3.8, 4) is 5.75 Å². The third-order valence-corrected chi connectivity index (χ3v) is 4.09. The van der Waals surface area contributed by atoms with E-state index in [0.29, 0.717) is 18.3 Å². The van der Waals surface area contributed by atoms with Crippen LogP contribution in [0.5, 0.6) is 5.75 Å². The Bertz CT molecular complexity index is 511. The molecule has 2 N–H and O–H groups in total. The average molecular weight is 290 g/mol. The van der Waals surface area contributed by atoms with Gasteiger partial charge in [-0.3, -0.25) is 4.90 Å². The Morgan fingerprint density at radius 1 is 1.20 bits per heavy atom. The largest absolute Gasteiger partial charge is 0.490 e. The van der Waals surface area contributed by atoms with Crippen molar-refractivity contribution in [3.63, 3.8) is 0 Å². The molecule has 4 heteroatoms. The lowest BCUT2D eigenvalue weighted by Gasteiger charge is -2.25. The Morgan fingerprint density at radius 2 is 2.00 bits per heavy atom. The predicted molar refractivity (Wildman–Crippen MR) is 86.2 cm³/mol. The second-order valence-corrected chi connectivity index (χ2v) is 6.06. The van der Waals surface area contributed by atoms with Gasteiger partial charge < -0.3 is 10.5 Å². The van der Waals surface area contributed by atoms with Crippen LogP contribution in [-0.2, 0) is 6.54 Å². The molecule has 20 heavy (non-hydrogen) atoms. The topological polar surface area (TPSA) is 38.5 Å². The van der Waals surface area contributed by atoms with E-state index in [-0.39, 0.29) is 0 Å². The van der Waals surface area contributed by atoms with Crippen LogP contribution in [0.15, 0.2) is 41.8 Å². The number of nitrogen functional groups attached to an aromatic ring is 1. The van der Waals surface area contributed by atoms with Crippen molar-refractivity contribution < 1.29 is 4.74 Å². The summed E-state index contributed by atoms with van der Waals surface area (Å²) in [5.74, 6) is 0.771. The minimum atomic E-state index is 0.494. The first-order valence-electron chi connectivity index (χ1n) is 6.90. The number of benzene rings is 1. The second-order valence-electron chi connectivity index (χ2n) is 5.03. The number of ether oxygens (including phenoxy) is 1. The molecule has 0 unspecified atom stereocenters. The molecule has 0 atom stereocenters. The first-order valence-corrected chi connectivity index (χ1v) is 7.78. The van der Waals surface area contributed by atoms with Gasteiger partial charge in [0.2, 0.25) is 0 Å². The molecule has 0 amide bonds. The molecule has 2 rings (SSSR count). The first-order chi connectivity index (χ1) is 9.66. The van der Waals surface area contributed by atoms with Gasteiger partial charge in [-0.05, 0) is 37.4 Å². The molecule has 0 spiro atoms. The highest BCUT2D eigenvalue weighted by Crippen LogP contribution is 2.20. The van der Waals surface area contributed by atoms with Crippen LogP contribution in [0.1, 0.15) is 18.7 Å². The molecular weight excluding hydrogens is 268 g/mol. The van der Waals surface area contributed by atoms with Gasteiger partial charge in [-0.25, -0.2) is 0 Å². The summed E-state index contributed by atoms with van der Waals surface area (Å²) in [6, 6.07) is 12.4. The van der Waals surface area contributed by atoms with Crippen molar-refractivity contribution in [2.24, 2.45) is 0 Å². The number of nitrogens with two attached hydrogens (primary N) is 1. The molecular formula is C16H22N2OS. The summed E-state index contributed by atoms with van der Waals surface area (Å²) in [7, 11) is 0. The molecule has 0 aliphatic rings. The molecule has 108 valence electrons. The Balaban J connectivity index is 1.85. The van der Waals surface area contributed by atoms with Gasteiger partial charge in [-0.1, -0.05) is 18.2 Å². The Hall–Kier alpha value is -1.52. The van der Waals surface area contributed by atoms with Gasteiger partial charge in [0.05, 0.1) is 5.69 Å². The number of para-hydroxylation sites is 2. The van der Waals surface area contributed by atoms with Crippen LogP contribution in [-0.4, -0.2) is 24.1 Å². The van der Waals surface area contributed by atoms with Crippen molar-refractivity contribution in [2.75, 3.05) is 18.9 Å². The zero-order chi connectivity index (χ0) is 14.4. The maximum atomic E-state index is 5.87. The van der Waals surface area contributed by atoms with Crippen molar-refractivity contribution in [1.82, 2.24) is 4.90 Å². The van der Waals surface area contributed by atoms with Crippen LogP contribution in [0.3, 0.4) is 0 Å². The smallest absolute Gasteiger partial charge is 0.142 e. The van der Waals surface area contributed by atoms with E-state index in [4.69, 9.17) is 10.5 Å². The van der Waals surface area contributed by atoms with E-state index in [1.54, 1.807) is 11.3 Å². The van der Waals surface area contributed by atoms with Gasteiger partial charge in [0, 0.05) is 24.0 Å². The summed E-state index contributed by atoms with van der Waals surface area (Å²) in [6.07, 6.45) is 0. The highest BCUT2D eigenvalue weighted by molar-refractivity contribution is 7.09. The first kappa shape index (κ1) is 14.9. The molecule has 3 nitrogen and oxygen atoms in total. The summed E-state index contributed by atoms with van der Waals surface area (Å²) in [4.78, 5) is 3.79. The minimum absolute atomic E-state index is 0.494. The minimum Gasteiger partial charge on any atom is -0.490 e. The quantitative estimate of drug-likeness (QED) is 0.792. The predicted octanol–water partition coefficient (Wildman–Crippen LogP) is 3.62. The van der Waals surface area contributed by atoms with Gasteiger partial charge in [0.25, 0.3) is 0 Å². The van der Waals surface area contributed by atoms with Crippen LogP contribution in [0.2, 0.25) is 0 Å². The van der Waals surface area contributed by atoms with Crippen molar-refractivity contribution in [2.45, 2.75) is 26.4 Å². The molecule has 0 bridgehead atoms. The number of hydrogen-bond donors (Lipinski definition) is 1. The molecule has 0 aliphatic carbocycles. The van der Waals surface area contributed by atoms with E-state index in [0.717, 1.165) is 18.8 Å². The van der Waals surface area contributed by atoms with Crippen molar-refractivity contribution in [1.29, 1.82) is 0 Å². The highest BCUT2D eigenvalue weighted by atomic mass is 32.1. The molecule has 1 aromatic carbocycles. The maximum absolute atomic E-state index is 5.87. The summed E-state index contributed by atoms with van der Waals surface area (Å²) in [6.45, 7) is 6.94. The monoisotopic (exact) mass is 290 g/mol. The molecule has 2 aromatic rings. The lowest BCUT2D eigenvalue weighted by Crippen LogP contribution is -2.33. The average Bonchev–Trinajstić information content (AvgIpc) is 2.92. The van der Waals surface area contributed by atoms with Gasteiger partial charge in [-0.15, -0.1) is 11.3 Å². The summed E-state index contributed by atoms with van der Waals surface area (Å²) in [5.41, 5.74) is 6.57. The van der Waals surface area contributed by atoms with E-state index in [1.807, 2.05) is 24.3 Å². The molecule has 0 aliphatic heterocycles. The number of thiophene rings is 1. The highest BCUT2D eigenvalue weighted by Gasteiger charge is 2.11. The fraction of sp³-hybridized carbons (Fsp3) is 0.375. The number of anilines is 1. The summed E-state index contributed by atoms with van der Waals surface area (Å²) < 4.78 is 5.77. The SMILES string of the molecule is CC(C)N(CCOc1ccccc1N)Cc1cccs1. The van der Waals surface area contributed by atoms with Gasteiger partial charge >= 0.3 is 0 Å². The lowest BCUT2D eigenvalue weighted by atomic mass is 10.3. The number of hydrogen-bond acceptors (Lipinski definition) is 4.